The van der Waals surface area contributed by atoms with E-state index in [4.69, 9.17) is 4.74 Å². The van der Waals surface area contributed by atoms with Crippen LogP contribution < -0.4 is 26.5 Å². The number of alkyl halides is 3. The minimum absolute atomic E-state index is 0. The van der Waals surface area contributed by atoms with Crippen LogP contribution in [0, 0.1) is 6.07 Å². The van der Waals surface area contributed by atoms with Gasteiger partial charge in [-0.05, 0) is 24.3 Å². The Morgan fingerprint density at radius 3 is 2.10 bits per heavy atom. The number of ether oxygens (including phenoxy) is 2. The summed E-state index contributed by atoms with van der Waals surface area (Å²) in [6.45, 7) is 0.306. The van der Waals surface area contributed by atoms with Crippen LogP contribution in [0.5, 0.6) is 11.5 Å². The molecule has 108 valence electrons. The summed E-state index contributed by atoms with van der Waals surface area (Å²) in [7, 11) is 0. The van der Waals surface area contributed by atoms with Crippen LogP contribution in [0.2, 0.25) is 0 Å². The molecule has 0 saturated carbocycles. The van der Waals surface area contributed by atoms with Crippen molar-refractivity contribution in [1.29, 1.82) is 0 Å². The van der Waals surface area contributed by atoms with Gasteiger partial charge >= 0.3 is 29.4 Å². The largest absolute Gasteiger partial charge is 2.00 e. The van der Waals surface area contributed by atoms with Gasteiger partial charge in [-0.25, -0.2) is 0 Å². The summed E-state index contributed by atoms with van der Waals surface area (Å²) >= 11 is 0. The van der Waals surface area contributed by atoms with Crippen LogP contribution in [-0.4, -0.2) is 29.4 Å². The van der Waals surface area contributed by atoms with Crippen molar-refractivity contribution in [1.82, 2.24) is 0 Å². The van der Waals surface area contributed by atoms with Gasteiger partial charge in [0.05, 0.1) is 6.61 Å². The topological polar surface area (TPSA) is 18.5 Å². The third kappa shape index (κ3) is 7.59. The maximum absolute atomic E-state index is 12.0. The van der Waals surface area contributed by atoms with E-state index in [0.717, 1.165) is 5.56 Å². The molecule has 0 amide bonds. The van der Waals surface area contributed by atoms with Crippen LogP contribution >= 0.6 is 0 Å². The molecule has 2 nitrogen and oxygen atoms in total. The molecular weight excluding hydrogens is 361 g/mol. The van der Waals surface area contributed by atoms with Crippen LogP contribution in [0.3, 0.4) is 0 Å². The average molecular weight is 371 g/mol. The first-order valence-corrected chi connectivity index (χ1v) is 5.47. The van der Waals surface area contributed by atoms with Crippen LogP contribution in [-0.2, 0) is 6.61 Å². The molecule has 21 heavy (non-hydrogen) atoms. The number of rotatable bonds is 4. The van der Waals surface area contributed by atoms with E-state index in [1.54, 1.807) is 6.07 Å². The van der Waals surface area contributed by atoms with Crippen LogP contribution in [0.4, 0.5) is 13.2 Å². The summed E-state index contributed by atoms with van der Waals surface area (Å²) in [5.41, 5.74) is 0.859. The maximum Gasteiger partial charge on any atom is 2.00 e. The summed E-state index contributed by atoms with van der Waals surface area (Å²) < 4.78 is 45.0. The summed E-state index contributed by atoms with van der Waals surface area (Å²) in [5.74, 6) is 0.193. The Kier molecular flexibility index (Phi) is 8.76. The molecule has 0 unspecified atom stereocenters. The Labute approximate surface area is 147 Å². The van der Waals surface area contributed by atoms with Gasteiger partial charge in [0.25, 0.3) is 0 Å². The van der Waals surface area contributed by atoms with Crippen molar-refractivity contribution in [3.63, 3.8) is 0 Å². The van der Waals surface area contributed by atoms with Crippen molar-refractivity contribution in [3.05, 3.63) is 60.2 Å². The van der Waals surface area contributed by atoms with E-state index in [0.29, 0.717) is 12.4 Å². The van der Waals surface area contributed by atoms with Gasteiger partial charge in [-0.15, -0.1) is 18.7 Å². The minimum Gasteiger partial charge on any atom is -1.00 e. The first-order chi connectivity index (χ1) is 9.03. The molecule has 0 aromatic heterocycles. The third-order valence-corrected chi connectivity index (χ3v) is 2.23. The Hall–Kier alpha value is -0.924. The first-order valence-electron chi connectivity index (χ1n) is 5.47. The van der Waals surface area contributed by atoms with Crippen molar-refractivity contribution >= 4 is 23.1 Å². The van der Waals surface area contributed by atoms with E-state index in [2.05, 4.69) is 10.8 Å². The van der Waals surface area contributed by atoms with Crippen molar-refractivity contribution in [2.45, 2.75) is 13.0 Å². The SMILES string of the molecule is FC(F)(F)Oc1ccc(OCc2[c-]cccc2)cc1.[Br-].[Mg+2]. The van der Waals surface area contributed by atoms with Crippen LogP contribution in [0.15, 0.2) is 48.5 Å². The molecule has 2 rings (SSSR count). The second-order valence-electron chi connectivity index (χ2n) is 3.70. The second-order valence-corrected chi connectivity index (χ2v) is 3.70. The number of hydrogen-bond acceptors (Lipinski definition) is 2. The Balaban J connectivity index is 0.00000200. The van der Waals surface area contributed by atoms with Gasteiger partial charge in [0.15, 0.2) is 0 Å². The molecule has 0 fully saturated rings. The Bertz CT molecular complexity index is 518. The molecule has 0 aliphatic rings. The second kappa shape index (κ2) is 9.17. The summed E-state index contributed by atoms with van der Waals surface area (Å²) in [5, 5.41) is 0. The van der Waals surface area contributed by atoms with Crippen molar-refractivity contribution in [2.75, 3.05) is 0 Å². The van der Waals surface area contributed by atoms with Crippen molar-refractivity contribution < 1.29 is 39.6 Å². The zero-order valence-electron chi connectivity index (χ0n) is 10.9. The molecule has 0 spiro atoms. The molecule has 0 saturated heterocycles. The van der Waals surface area contributed by atoms with Gasteiger partial charge in [0.1, 0.15) is 11.5 Å². The molecule has 0 heterocycles. The molecule has 0 radical (unpaired) electrons. The molecule has 2 aromatic rings. The van der Waals surface area contributed by atoms with Gasteiger partial charge in [-0.2, -0.15) is 30.3 Å². The molecule has 7 heteroatoms. The predicted molar refractivity (Wildman–Crippen MR) is 68.5 cm³/mol. The van der Waals surface area contributed by atoms with Crippen molar-refractivity contribution in [3.8, 4) is 11.5 Å². The van der Waals surface area contributed by atoms with Gasteiger partial charge in [-0.1, -0.05) is 0 Å². The monoisotopic (exact) mass is 370 g/mol. The zero-order chi connectivity index (χ0) is 13.7. The molecule has 0 aliphatic heterocycles. The van der Waals surface area contributed by atoms with E-state index in [9.17, 15) is 13.2 Å². The van der Waals surface area contributed by atoms with E-state index in [-0.39, 0.29) is 45.8 Å². The van der Waals surface area contributed by atoms with E-state index in [1.165, 1.54) is 24.3 Å². The standard InChI is InChI=1S/C14H10F3O2.BrH.Mg/c15-14(16,17)19-13-8-6-12(7-9-13)18-10-11-4-2-1-3-5-11;;/h1-4,6-9H,10H2;1H;/q-1;;+2/p-1. The number of benzene rings is 2. The van der Waals surface area contributed by atoms with Gasteiger partial charge in [0, 0.05) is 0 Å². The first kappa shape index (κ1) is 20.1. The van der Waals surface area contributed by atoms with E-state index in [1.807, 2.05) is 18.2 Å². The number of halogens is 4. The summed E-state index contributed by atoms with van der Waals surface area (Å²) in [6, 6.07) is 15.5. The minimum atomic E-state index is -4.68. The van der Waals surface area contributed by atoms with Gasteiger partial charge < -0.3 is 26.5 Å². The normalized spacial score (nSPS) is 10.0. The summed E-state index contributed by atoms with van der Waals surface area (Å²) in [4.78, 5) is 0. The molecule has 2 aromatic carbocycles. The predicted octanol–water partition coefficient (Wildman–Crippen LogP) is 0.588. The molecule has 0 aliphatic carbocycles. The fourth-order valence-electron chi connectivity index (χ4n) is 1.42. The smallest absolute Gasteiger partial charge is 1.00 e. The molecular formula is C14H10BrF3MgO2. The third-order valence-electron chi connectivity index (χ3n) is 2.23. The fraction of sp³-hybridized carbons (Fsp3) is 0.143. The van der Waals surface area contributed by atoms with Crippen molar-refractivity contribution in [2.24, 2.45) is 0 Å². The summed E-state index contributed by atoms with van der Waals surface area (Å²) in [6.07, 6.45) is -4.68. The average Bonchev–Trinajstić information content (AvgIpc) is 2.37. The van der Waals surface area contributed by atoms with Crippen LogP contribution in [0.1, 0.15) is 5.56 Å². The Morgan fingerprint density at radius 1 is 0.952 bits per heavy atom. The molecule has 0 atom stereocenters. The quantitative estimate of drug-likeness (QED) is 0.579. The van der Waals surface area contributed by atoms with E-state index >= 15 is 0 Å². The molecule has 0 bridgehead atoms. The van der Waals surface area contributed by atoms with Gasteiger partial charge in [-0.3, -0.25) is 0 Å². The molecule has 0 N–H and O–H groups in total. The van der Waals surface area contributed by atoms with Gasteiger partial charge in [0.2, 0.25) is 0 Å². The van der Waals surface area contributed by atoms with E-state index < -0.39 is 6.36 Å². The fourth-order valence-corrected chi connectivity index (χ4v) is 1.42. The number of hydrogen-bond donors (Lipinski definition) is 0. The Morgan fingerprint density at radius 2 is 1.57 bits per heavy atom. The zero-order valence-corrected chi connectivity index (χ0v) is 13.9. The van der Waals surface area contributed by atoms with Crippen LogP contribution in [0.25, 0.3) is 0 Å². The maximum atomic E-state index is 12.0.